The molecule has 9 nitrogen and oxygen atoms in total. The van der Waals surface area contributed by atoms with Crippen molar-refractivity contribution in [1.82, 2.24) is 4.90 Å². The Morgan fingerprint density at radius 2 is 1.84 bits per heavy atom. The van der Waals surface area contributed by atoms with Crippen molar-refractivity contribution >= 4 is 23.8 Å². The molecule has 5 aliphatic rings. The summed E-state index contributed by atoms with van der Waals surface area (Å²) in [7, 11) is 0. The van der Waals surface area contributed by atoms with Gasteiger partial charge in [-0.05, 0) is 18.8 Å². The predicted molar refractivity (Wildman–Crippen MR) is 98.4 cm³/mol. The molecule has 4 bridgehead atoms. The predicted octanol–water partition coefficient (Wildman–Crippen LogP) is -1.53. The zero-order valence-electron chi connectivity index (χ0n) is 17.7. The van der Waals surface area contributed by atoms with Crippen molar-refractivity contribution in [1.29, 1.82) is 0 Å². The first-order chi connectivity index (χ1) is 14.8. The number of likely N-dealkylation sites (tertiary alicyclic amines) is 1. The van der Waals surface area contributed by atoms with Gasteiger partial charge in [-0.15, -0.1) is 0 Å². The number of hydrogen-bond donors (Lipinski definition) is 0. The van der Waals surface area contributed by atoms with Crippen molar-refractivity contribution in [3.05, 3.63) is 0 Å². The highest BCUT2D eigenvalue weighted by molar-refractivity contribution is 6.07. The van der Waals surface area contributed by atoms with Crippen LogP contribution in [0.4, 0.5) is 0 Å². The van der Waals surface area contributed by atoms with Crippen LogP contribution >= 0.6 is 0 Å². The molecule has 0 radical (unpaired) electrons. The Morgan fingerprint density at radius 3 is 2.45 bits per heavy atom. The van der Waals surface area contributed by atoms with Crippen LogP contribution in [0.1, 0.15) is 46.0 Å². The van der Waals surface area contributed by atoms with Crippen molar-refractivity contribution in [2.24, 2.45) is 35.0 Å². The van der Waals surface area contributed by atoms with Gasteiger partial charge >= 0.3 is 0 Å². The normalized spacial score (nSPS) is 45.3. The quantitative estimate of drug-likeness (QED) is 0.421. The van der Waals surface area contributed by atoms with Crippen molar-refractivity contribution < 1.29 is 38.9 Å². The van der Waals surface area contributed by atoms with Gasteiger partial charge in [-0.25, -0.2) is 0 Å². The largest absolute Gasteiger partial charge is 0.550 e. The molecule has 5 aliphatic heterocycles. The van der Waals surface area contributed by atoms with Gasteiger partial charge in [0.25, 0.3) is 0 Å². The minimum absolute atomic E-state index is 0.122. The molecule has 0 spiro atoms. The van der Waals surface area contributed by atoms with Crippen LogP contribution in [0.15, 0.2) is 0 Å². The number of nitrogens with zero attached hydrogens (tertiary/aromatic N) is 1. The highest BCUT2D eigenvalue weighted by Gasteiger charge is 2.82. The number of amides is 2. The van der Waals surface area contributed by atoms with Crippen molar-refractivity contribution in [2.75, 3.05) is 6.54 Å². The Morgan fingerprint density at radius 1 is 1.13 bits per heavy atom. The topological polar surface area (TPSA) is 136 Å². The molecule has 10 unspecified atom stereocenters. The van der Waals surface area contributed by atoms with Crippen LogP contribution < -0.4 is 10.2 Å². The number of fused-ring (bicyclic) bond motifs is 12. The lowest BCUT2D eigenvalue weighted by atomic mass is 9.53. The van der Waals surface area contributed by atoms with E-state index in [1.54, 1.807) is 0 Å². The Labute approximate surface area is 180 Å². The fraction of sp³-hybridized carbons (Fsp3) is 0.818. The summed E-state index contributed by atoms with van der Waals surface area (Å²) in [5, 5.41) is 24.1. The third kappa shape index (κ3) is 2.44. The monoisotopic (exact) mass is 433 g/mol. The molecule has 170 valence electrons. The fourth-order valence-corrected chi connectivity index (χ4v) is 7.16. The van der Waals surface area contributed by atoms with Crippen LogP contribution in [0.3, 0.4) is 0 Å². The summed E-state index contributed by atoms with van der Waals surface area (Å²) in [6, 6.07) is 0. The maximum absolute atomic E-state index is 13.3. The highest BCUT2D eigenvalue weighted by atomic mass is 16.6. The number of ether oxygens (including phenoxy) is 2. The van der Waals surface area contributed by atoms with Gasteiger partial charge in [0.1, 0.15) is 0 Å². The molecule has 5 heterocycles. The summed E-state index contributed by atoms with van der Waals surface area (Å²) >= 11 is 0. The van der Waals surface area contributed by atoms with E-state index in [-0.39, 0.29) is 18.2 Å². The van der Waals surface area contributed by atoms with Crippen molar-refractivity contribution in [2.45, 2.75) is 70.4 Å². The van der Waals surface area contributed by atoms with Crippen molar-refractivity contribution in [3.63, 3.8) is 0 Å². The number of carbonyl (C=O) groups excluding carboxylic acids is 4. The van der Waals surface area contributed by atoms with E-state index in [2.05, 4.69) is 6.92 Å². The summed E-state index contributed by atoms with van der Waals surface area (Å²) in [6.07, 6.45) is 0.195. The molecule has 0 aliphatic carbocycles. The van der Waals surface area contributed by atoms with Crippen LogP contribution in [-0.2, 0) is 28.7 Å². The van der Waals surface area contributed by atoms with E-state index in [9.17, 15) is 29.4 Å². The lowest BCUT2D eigenvalue weighted by Gasteiger charge is -2.47. The summed E-state index contributed by atoms with van der Waals surface area (Å²) in [5.74, 6) is -6.80. The first-order valence-electron chi connectivity index (χ1n) is 11.4. The number of rotatable bonds is 8. The molecule has 0 aromatic carbocycles. The molecule has 0 N–H and O–H groups in total. The molecular weight excluding hydrogens is 406 g/mol. The number of carboxylic acid groups (broad SMARTS) is 2. The van der Waals surface area contributed by atoms with E-state index in [0.29, 0.717) is 6.54 Å². The average molecular weight is 433 g/mol. The Bertz CT molecular complexity index is 843. The van der Waals surface area contributed by atoms with Crippen molar-refractivity contribution in [3.8, 4) is 0 Å². The first kappa shape index (κ1) is 20.9. The molecule has 31 heavy (non-hydrogen) atoms. The van der Waals surface area contributed by atoms with E-state index in [1.165, 1.54) is 4.90 Å². The molecule has 5 saturated heterocycles. The Balaban J connectivity index is 1.47. The molecular formula is C22H27NO8-2. The van der Waals surface area contributed by atoms with Crippen LogP contribution in [-0.4, -0.2) is 59.6 Å². The van der Waals surface area contributed by atoms with E-state index >= 15 is 0 Å². The SMILES string of the molecule is CCCCC(CC)CN1C(=O)C2C3OC(C2C1=O)C1(C(=O)[O-])C2OC(CC2C(=O)[O-])C31. The molecule has 5 rings (SSSR count). The number of imide groups is 1. The molecule has 10 atom stereocenters. The molecule has 5 fully saturated rings. The van der Waals surface area contributed by atoms with E-state index in [1.807, 2.05) is 6.92 Å². The third-order valence-corrected chi connectivity index (χ3v) is 8.53. The molecule has 0 aromatic heterocycles. The number of unbranched alkanes of at least 4 members (excludes halogenated alkanes) is 1. The number of carboxylic acids is 2. The number of hydrogen-bond acceptors (Lipinski definition) is 8. The maximum Gasteiger partial charge on any atom is 0.235 e. The maximum atomic E-state index is 13.3. The number of aliphatic carboxylic acids is 2. The van der Waals surface area contributed by atoms with Crippen LogP contribution in [0.5, 0.6) is 0 Å². The van der Waals surface area contributed by atoms with Crippen LogP contribution in [0.25, 0.3) is 0 Å². The second kappa shape index (κ2) is 7.00. The van der Waals surface area contributed by atoms with E-state index < -0.39 is 71.3 Å². The lowest BCUT2D eigenvalue weighted by Crippen LogP contribution is -2.65. The van der Waals surface area contributed by atoms with Gasteiger partial charge in [-0.2, -0.15) is 0 Å². The highest BCUT2D eigenvalue weighted by Crippen LogP contribution is 2.69. The molecule has 0 saturated carbocycles. The Kier molecular flexibility index (Phi) is 4.71. The summed E-state index contributed by atoms with van der Waals surface area (Å²) in [5.41, 5.74) is -1.74. The smallest absolute Gasteiger partial charge is 0.235 e. The fourth-order valence-electron chi connectivity index (χ4n) is 7.16. The lowest BCUT2D eigenvalue weighted by molar-refractivity contribution is -0.330. The van der Waals surface area contributed by atoms with Gasteiger partial charge in [0, 0.05) is 24.3 Å². The van der Waals surface area contributed by atoms with Crippen LogP contribution in [0.2, 0.25) is 0 Å². The first-order valence-corrected chi connectivity index (χ1v) is 11.4. The van der Waals surface area contributed by atoms with E-state index in [0.717, 1.165) is 25.7 Å². The van der Waals surface area contributed by atoms with Gasteiger partial charge in [0.05, 0.1) is 47.6 Å². The zero-order valence-corrected chi connectivity index (χ0v) is 17.7. The van der Waals surface area contributed by atoms with Gasteiger partial charge in [-0.3, -0.25) is 14.5 Å². The van der Waals surface area contributed by atoms with Gasteiger partial charge in [-0.1, -0.05) is 33.1 Å². The van der Waals surface area contributed by atoms with Gasteiger partial charge in [0.15, 0.2) is 0 Å². The average Bonchev–Trinajstić information content (AvgIpc) is 3.51. The molecule has 2 amide bonds. The van der Waals surface area contributed by atoms with Gasteiger partial charge in [0.2, 0.25) is 11.8 Å². The third-order valence-electron chi connectivity index (χ3n) is 8.53. The standard InChI is InChI=1S/C22H29NO8/c1-3-5-6-9(4-2)8-23-18(24)12-13(19(23)25)17-22(21(28)29)14(15(12)31-17)11-7-10(20(26)27)16(22)30-11/h9-17H,3-8H2,1-2H3,(H,26,27)(H,28,29)/p-2. The minimum atomic E-state index is -1.74. The minimum Gasteiger partial charge on any atom is -0.550 e. The second-order valence-corrected chi connectivity index (χ2v) is 9.78. The summed E-state index contributed by atoms with van der Waals surface area (Å²) in [6.45, 7) is 4.45. The van der Waals surface area contributed by atoms with Gasteiger partial charge < -0.3 is 29.3 Å². The zero-order chi connectivity index (χ0) is 22.2. The molecule has 9 heteroatoms. The second-order valence-electron chi connectivity index (χ2n) is 9.78. The Hall–Kier alpha value is -2.00. The number of carbonyl (C=O) groups is 4. The molecule has 0 aromatic rings. The van der Waals surface area contributed by atoms with Crippen LogP contribution in [0, 0.1) is 35.0 Å². The summed E-state index contributed by atoms with van der Waals surface area (Å²) in [4.78, 5) is 52.0. The van der Waals surface area contributed by atoms with E-state index in [4.69, 9.17) is 9.47 Å². The summed E-state index contributed by atoms with van der Waals surface area (Å²) < 4.78 is 11.8.